The van der Waals surface area contributed by atoms with Crippen molar-refractivity contribution in [1.82, 2.24) is 9.55 Å². The summed E-state index contributed by atoms with van der Waals surface area (Å²) in [7, 11) is 0. The lowest BCUT2D eigenvalue weighted by Gasteiger charge is -2.12. The van der Waals surface area contributed by atoms with Crippen LogP contribution in [0.25, 0.3) is 5.69 Å². The summed E-state index contributed by atoms with van der Waals surface area (Å²) in [4.78, 5) is 17.2. The van der Waals surface area contributed by atoms with Gasteiger partial charge in [-0.3, -0.25) is 4.79 Å². The molecular weight excluding hydrogens is 401 g/mol. The third-order valence-corrected chi connectivity index (χ3v) is 5.39. The van der Waals surface area contributed by atoms with E-state index in [0.29, 0.717) is 23.6 Å². The van der Waals surface area contributed by atoms with E-state index in [0.717, 1.165) is 22.8 Å². The van der Waals surface area contributed by atoms with Gasteiger partial charge in [-0.2, -0.15) is 0 Å². The number of carbonyl (C=O) groups is 1. The fourth-order valence-corrected chi connectivity index (χ4v) is 3.87. The number of hydrogen-bond acceptors (Lipinski definition) is 4. The van der Waals surface area contributed by atoms with Crippen molar-refractivity contribution in [2.45, 2.75) is 20.5 Å². The van der Waals surface area contributed by atoms with Gasteiger partial charge in [0.15, 0.2) is 0 Å². The normalized spacial score (nSPS) is 10.8. The first-order valence-electron chi connectivity index (χ1n) is 9.38. The molecule has 0 aliphatic heterocycles. The van der Waals surface area contributed by atoms with Crippen LogP contribution in [0.5, 0.6) is 5.75 Å². The first kappa shape index (κ1) is 19.8. The Morgan fingerprint density at radius 3 is 2.67 bits per heavy atom. The van der Waals surface area contributed by atoms with E-state index >= 15 is 0 Å². The van der Waals surface area contributed by atoms with E-state index in [9.17, 15) is 9.18 Å². The van der Waals surface area contributed by atoms with Crippen molar-refractivity contribution in [3.05, 3.63) is 94.0 Å². The highest BCUT2D eigenvalue weighted by molar-refractivity contribution is 7.07. The number of ether oxygens (including phenoxy) is 1. The molecular formula is C23H20FN3O2S. The summed E-state index contributed by atoms with van der Waals surface area (Å²) in [5.41, 5.74) is 6.19. The molecule has 0 aliphatic carbocycles. The molecule has 0 unspecified atom stereocenters. The van der Waals surface area contributed by atoms with E-state index in [1.54, 1.807) is 23.7 Å². The van der Waals surface area contributed by atoms with Crippen LogP contribution < -0.4 is 10.1 Å². The molecule has 4 rings (SSSR count). The van der Waals surface area contributed by atoms with Crippen LogP contribution in [0.15, 0.2) is 65.5 Å². The number of rotatable bonds is 6. The minimum absolute atomic E-state index is 0.235. The summed E-state index contributed by atoms with van der Waals surface area (Å²) in [6.07, 6.45) is 0. The van der Waals surface area contributed by atoms with Gasteiger partial charge < -0.3 is 14.6 Å². The lowest BCUT2D eigenvalue weighted by molar-refractivity contribution is 0.102. The second kappa shape index (κ2) is 8.51. The minimum Gasteiger partial charge on any atom is -0.485 e. The van der Waals surface area contributed by atoms with Gasteiger partial charge in [0, 0.05) is 22.5 Å². The lowest BCUT2D eigenvalue weighted by Crippen LogP contribution is -2.14. The summed E-state index contributed by atoms with van der Waals surface area (Å²) < 4.78 is 21.1. The molecule has 0 bridgehead atoms. The predicted molar refractivity (Wildman–Crippen MR) is 116 cm³/mol. The zero-order valence-corrected chi connectivity index (χ0v) is 17.4. The molecule has 5 nitrogen and oxygen atoms in total. The van der Waals surface area contributed by atoms with E-state index in [1.807, 2.05) is 48.1 Å². The largest absolute Gasteiger partial charge is 0.485 e. The Balaban J connectivity index is 1.56. The highest BCUT2D eigenvalue weighted by atomic mass is 32.1. The molecule has 2 aromatic heterocycles. The number of para-hydroxylation sites is 2. The number of anilines is 1. The molecule has 4 aromatic rings. The molecule has 2 heterocycles. The molecule has 30 heavy (non-hydrogen) atoms. The monoisotopic (exact) mass is 421 g/mol. The van der Waals surface area contributed by atoms with Crippen molar-refractivity contribution in [1.29, 1.82) is 0 Å². The zero-order chi connectivity index (χ0) is 21.1. The maximum atomic E-state index is 13.3. The summed E-state index contributed by atoms with van der Waals surface area (Å²) in [6, 6.07) is 15.3. The number of nitrogens with zero attached hydrogens (tertiary/aromatic N) is 2. The van der Waals surface area contributed by atoms with E-state index in [-0.39, 0.29) is 11.7 Å². The molecule has 1 amide bonds. The smallest absolute Gasteiger partial charge is 0.257 e. The maximum absolute atomic E-state index is 13.3. The van der Waals surface area contributed by atoms with Crippen LogP contribution in [0.4, 0.5) is 10.1 Å². The molecule has 7 heteroatoms. The molecule has 0 spiro atoms. The van der Waals surface area contributed by atoms with Crippen LogP contribution >= 0.6 is 11.3 Å². The number of thiazole rings is 1. The van der Waals surface area contributed by atoms with Gasteiger partial charge in [-0.15, -0.1) is 11.3 Å². The summed E-state index contributed by atoms with van der Waals surface area (Å²) in [5.74, 6) is 0.0424. The van der Waals surface area contributed by atoms with Crippen LogP contribution in [0.1, 0.15) is 27.4 Å². The van der Waals surface area contributed by atoms with Gasteiger partial charge in [0.05, 0.1) is 22.5 Å². The Morgan fingerprint density at radius 2 is 1.93 bits per heavy atom. The summed E-state index contributed by atoms with van der Waals surface area (Å²) >= 11 is 1.51. The minimum atomic E-state index is -0.298. The second-order valence-corrected chi connectivity index (χ2v) is 7.53. The van der Waals surface area contributed by atoms with E-state index in [2.05, 4.69) is 10.3 Å². The first-order valence-corrected chi connectivity index (χ1v) is 10.3. The van der Waals surface area contributed by atoms with Crippen molar-refractivity contribution < 1.29 is 13.9 Å². The SMILES string of the molecule is Cc1cc(C(=O)Nc2ccccc2OCc2cscn2)c(C)n1-c1ccc(F)cc1. The number of amides is 1. The second-order valence-electron chi connectivity index (χ2n) is 6.82. The zero-order valence-electron chi connectivity index (χ0n) is 16.6. The summed E-state index contributed by atoms with van der Waals surface area (Å²) in [5, 5.41) is 4.87. The number of aromatic nitrogens is 2. The van der Waals surface area contributed by atoms with Crippen molar-refractivity contribution in [3.63, 3.8) is 0 Å². The average molecular weight is 421 g/mol. The van der Waals surface area contributed by atoms with E-state index in [1.165, 1.54) is 23.5 Å². The molecule has 0 saturated heterocycles. The van der Waals surface area contributed by atoms with Crippen LogP contribution in [-0.2, 0) is 6.61 Å². The Kier molecular flexibility index (Phi) is 5.63. The Labute approximate surface area is 177 Å². The Bertz CT molecular complexity index is 1170. The van der Waals surface area contributed by atoms with Crippen LogP contribution in [-0.4, -0.2) is 15.5 Å². The fourth-order valence-electron chi connectivity index (χ4n) is 3.33. The predicted octanol–water partition coefficient (Wildman–Crippen LogP) is 5.52. The number of hydrogen-bond donors (Lipinski definition) is 1. The van der Waals surface area contributed by atoms with Gasteiger partial charge in [0.25, 0.3) is 5.91 Å². The van der Waals surface area contributed by atoms with E-state index < -0.39 is 0 Å². The van der Waals surface area contributed by atoms with Crippen LogP contribution in [0, 0.1) is 19.7 Å². The molecule has 0 radical (unpaired) electrons. The molecule has 2 aromatic carbocycles. The summed E-state index contributed by atoms with van der Waals surface area (Å²) in [6.45, 7) is 4.11. The average Bonchev–Trinajstić information content (AvgIpc) is 3.36. The molecule has 0 saturated carbocycles. The standard InChI is InChI=1S/C23H20FN3O2S/c1-15-11-20(16(2)27(15)19-9-7-17(24)8-10-19)23(28)26-21-5-3-4-6-22(21)29-12-18-13-30-14-25-18/h3-11,13-14H,12H2,1-2H3,(H,26,28). The number of benzene rings is 2. The highest BCUT2D eigenvalue weighted by Crippen LogP contribution is 2.27. The molecule has 0 aliphatic rings. The van der Waals surface area contributed by atoms with Gasteiger partial charge in [-0.1, -0.05) is 12.1 Å². The first-order chi connectivity index (χ1) is 14.5. The van der Waals surface area contributed by atoms with Crippen LogP contribution in [0.3, 0.4) is 0 Å². The van der Waals surface area contributed by atoms with Crippen molar-refractivity contribution in [3.8, 4) is 11.4 Å². The molecule has 0 atom stereocenters. The van der Waals surface area contributed by atoms with Gasteiger partial charge >= 0.3 is 0 Å². The molecule has 152 valence electrons. The van der Waals surface area contributed by atoms with Gasteiger partial charge in [0.1, 0.15) is 18.2 Å². The molecule has 1 N–H and O–H groups in total. The molecule has 0 fully saturated rings. The third kappa shape index (κ3) is 4.11. The van der Waals surface area contributed by atoms with Crippen molar-refractivity contribution in [2.75, 3.05) is 5.32 Å². The number of nitrogens with one attached hydrogen (secondary N) is 1. The third-order valence-electron chi connectivity index (χ3n) is 4.75. The highest BCUT2D eigenvalue weighted by Gasteiger charge is 2.18. The topological polar surface area (TPSA) is 56.1 Å². The van der Waals surface area contributed by atoms with Crippen molar-refractivity contribution in [2.24, 2.45) is 0 Å². The van der Waals surface area contributed by atoms with Crippen molar-refractivity contribution >= 4 is 22.9 Å². The Morgan fingerprint density at radius 1 is 1.17 bits per heavy atom. The van der Waals surface area contributed by atoms with Gasteiger partial charge in [0.2, 0.25) is 0 Å². The lowest BCUT2D eigenvalue weighted by atomic mass is 10.2. The number of aryl methyl sites for hydroxylation is 1. The number of carbonyl (C=O) groups excluding carboxylic acids is 1. The quantitative estimate of drug-likeness (QED) is 0.446. The fraction of sp³-hybridized carbons (Fsp3) is 0.130. The van der Waals surface area contributed by atoms with Gasteiger partial charge in [-0.25, -0.2) is 9.37 Å². The van der Waals surface area contributed by atoms with Gasteiger partial charge in [-0.05, 0) is 56.3 Å². The number of halogens is 1. The maximum Gasteiger partial charge on any atom is 0.257 e. The Hall–Kier alpha value is -3.45. The van der Waals surface area contributed by atoms with Crippen LogP contribution in [0.2, 0.25) is 0 Å². The van der Waals surface area contributed by atoms with E-state index in [4.69, 9.17) is 4.74 Å².